The van der Waals surface area contributed by atoms with Gasteiger partial charge in [-0.3, -0.25) is 0 Å². The first kappa shape index (κ1) is 10.2. The summed E-state index contributed by atoms with van der Waals surface area (Å²) in [6.07, 6.45) is 2.94. The number of aromatic nitrogens is 2. The standard InChI is InChI=1S/C11H18N4/c1-3-12-10-5-11(15-7-14-10)13-6-9-4-8(9)2/h5,7-9H,3-4,6H2,1-2H3,(H2,12,13,14,15). The van der Waals surface area contributed by atoms with Gasteiger partial charge in [0.25, 0.3) is 0 Å². The summed E-state index contributed by atoms with van der Waals surface area (Å²) in [6.45, 7) is 6.26. The van der Waals surface area contributed by atoms with Crippen molar-refractivity contribution in [2.45, 2.75) is 20.3 Å². The van der Waals surface area contributed by atoms with Crippen LogP contribution in [0, 0.1) is 11.8 Å². The molecule has 15 heavy (non-hydrogen) atoms. The molecule has 0 amide bonds. The van der Waals surface area contributed by atoms with Crippen molar-refractivity contribution in [3.8, 4) is 0 Å². The van der Waals surface area contributed by atoms with Crippen molar-refractivity contribution in [1.82, 2.24) is 9.97 Å². The molecule has 2 atom stereocenters. The first-order valence-electron chi connectivity index (χ1n) is 5.59. The van der Waals surface area contributed by atoms with Crippen LogP contribution in [0.1, 0.15) is 20.3 Å². The molecule has 0 bridgehead atoms. The summed E-state index contributed by atoms with van der Waals surface area (Å²) in [5, 5.41) is 6.51. The molecule has 1 fully saturated rings. The Bertz CT molecular complexity index is 326. The monoisotopic (exact) mass is 206 g/mol. The van der Waals surface area contributed by atoms with E-state index in [1.54, 1.807) is 6.33 Å². The molecule has 4 nitrogen and oxygen atoms in total. The second-order valence-corrected chi connectivity index (χ2v) is 4.17. The maximum Gasteiger partial charge on any atom is 0.131 e. The van der Waals surface area contributed by atoms with E-state index in [0.29, 0.717) is 0 Å². The summed E-state index contributed by atoms with van der Waals surface area (Å²) in [5.41, 5.74) is 0. The van der Waals surface area contributed by atoms with Crippen molar-refractivity contribution in [2.75, 3.05) is 23.7 Å². The topological polar surface area (TPSA) is 49.8 Å². The van der Waals surface area contributed by atoms with Gasteiger partial charge in [0.05, 0.1) is 0 Å². The van der Waals surface area contributed by atoms with Crippen LogP contribution in [0.5, 0.6) is 0 Å². The van der Waals surface area contributed by atoms with Crippen LogP contribution in [-0.2, 0) is 0 Å². The van der Waals surface area contributed by atoms with Crippen LogP contribution in [0.15, 0.2) is 12.4 Å². The molecule has 1 aromatic heterocycles. The lowest BCUT2D eigenvalue weighted by atomic mass is 10.3. The molecule has 0 radical (unpaired) electrons. The zero-order valence-corrected chi connectivity index (χ0v) is 9.33. The molecule has 1 saturated carbocycles. The smallest absolute Gasteiger partial charge is 0.131 e. The minimum absolute atomic E-state index is 0.836. The Morgan fingerprint density at radius 1 is 1.33 bits per heavy atom. The largest absolute Gasteiger partial charge is 0.370 e. The fourth-order valence-corrected chi connectivity index (χ4v) is 1.65. The number of anilines is 2. The first-order chi connectivity index (χ1) is 7.29. The van der Waals surface area contributed by atoms with Gasteiger partial charge in [-0.15, -0.1) is 0 Å². The molecule has 1 aliphatic carbocycles. The lowest BCUT2D eigenvalue weighted by Crippen LogP contribution is -2.07. The summed E-state index contributed by atoms with van der Waals surface area (Å²) in [7, 11) is 0. The maximum atomic E-state index is 4.18. The van der Waals surface area contributed by atoms with E-state index in [2.05, 4.69) is 34.4 Å². The predicted octanol–water partition coefficient (Wildman–Crippen LogP) is 1.98. The Morgan fingerprint density at radius 2 is 2.00 bits per heavy atom. The highest BCUT2D eigenvalue weighted by Crippen LogP contribution is 2.37. The Hall–Kier alpha value is -1.32. The van der Waals surface area contributed by atoms with E-state index < -0.39 is 0 Å². The average Bonchev–Trinajstić information content (AvgIpc) is 2.93. The van der Waals surface area contributed by atoms with Crippen LogP contribution >= 0.6 is 0 Å². The molecule has 2 rings (SSSR count). The molecule has 2 N–H and O–H groups in total. The van der Waals surface area contributed by atoms with Gasteiger partial charge >= 0.3 is 0 Å². The molecule has 0 saturated heterocycles. The van der Waals surface area contributed by atoms with E-state index in [1.807, 2.05) is 6.07 Å². The molecular weight excluding hydrogens is 188 g/mol. The molecule has 0 aliphatic heterocycles. The second kappa shape index (κ2) is 4.47. The molecule has 0 spiro atoms. The van der Waals surface area contributed by atoms with Crippen LogP contribution in [0.25, 0.3) is 0 Å². The van der Waals surface area contributed by atoms with Gasteiger partial charge < -0.3 is 10.6 Å². The minimum atomic E-state index is 0.836. The number of nitrogens with zero attached hydrogens (tertiary/aromatic N) is 2. The van der Waals surface area contributed by atoms with Gasteiger partial charge in [-0.1, -0.05) is 6.92 Å². The van der Waals surface area contributed by atoms with Gasteiger partial charge in [-0.2, -0.15) is 0 Å². The predicted molar refractivity (Wildman–Crippen MR) is 62.0 cm³/mol. The lowest BCUT2D eigenvalue weighted by molar-refractivity contribution is 0.784. The summed E-state index contributed by atoms with van der Waals surface area (Å²) >= 11 is 0. The van der Waals surface area contributed by atoms with Crippen molar-refractivity contribution in [3.63, 3.8) is 0 Å². The molecule has 82 valence electrons. The van der Waals surface area contributed by atoms with Crippen molar-refractivity contribution in [2.24, 2.45) is 11.8 Å². The Balaban J connectivity index is 1.87. The Labute approximate surface area is 90.5 Å². The normalized spacial score (nSPS) is 23.6. The van der Waals surface area contributed by atoms with E-state index in [-0.39, 0.29) is 0 Å². The quantitative estimate of drug-likeness (QED) is 0.773. The third kappa shape index (κ3) is 2.81. The highest BCUT2D eigenvalue weighted by atomic mass is 15.1. The summed E-state index contributed by atoms with van der Waals surface area (Å²) in [4.78, 5) is 8.31. The highest BCUT2D eigenvalue weighted by Gasteiger charge is 2.31. The van der Waals surface area contributed by atoms with Crippen LogP contribution in [0.4, 0.5) is 11.6 Å². The Kier molecular flexibility index (Phi) is 3.04. The van der Waals surface area contributed by atoms with E-state index in [4.69, 9.17) is 0 Å². The third-order valence-electron chi connectivity index (χ3n) is 2.85. The molecule has 1 aromatic rings. The average molecular weight is 206 g/mol. The number of rotatable bonds is 5. The fourth-order valence-electron chi connectivity index (χ4n) is 1.65. The minimum Gasteiger partial charge on any atom is -0.370 e. The summed E-state index contributed by atoms with van der Waals surface area (Å²) in [6, 6.07) is 1.95. The molecule has 0 aromatic carbocycles. The van der Waals surface area contributed by atoms with Gasteiger partial charge in [0.15, 0.2) is 0 Å². The molecule has 4 heteroatoms. The fraction of sp³-hybridized carbons (Fsp3) is 0.636. The van der Waals surface area contributed by atoms with E-state index in [1.165, 1.54) is 6.42 Å². The highest BCUT2D eigenvalue weighted by molar-refractivity contribution is 5.46. The number of nitrogens with one attached hydrogen (secondary N) is 2. The molecular formula is C11H18N4. The maximum absolute atomic E-state index is 4.18. The third-order valence-corrected chi connectivity index (χ3v) is 2.85. The number of hydrogen-bond acceptors (Lipinski definition) is 4. The van der Waals surface area contributed by atoms with E-state index >= 15 is 0 Å². The van der Waals surface area contributed by atoms with Crippen LogP contribution < -0.4 is 10.6 Å². The first-order valence-corrected chi connectivity index (χ1v) is 5.59. The SMILES string of the molecule is CCNc1cc(NCC2CC2C)ncn1. The molecule has 1 aliphatic rings. The van der Waals surface area contributed by atoms with Gasteiger partial charge in [-0.25, -0.2) is 9.97 Å². The number of hydrogen-bond donors (Lipinski definition) is 2. The summed E-state index contributed by atoms with van der Waals surface area (Å²) in [5.74, 6) is 3.52. The van der Waals surface area contributed by atoms with Crippen molar-refractivity contribution >= 4 is 11.6 Å². The molecule has 1 heterocycles. The van der Waals surface area contributed by atoms with E-state index in [9.17, 15) is 0 Å². The van der Waals surface area contributed by atoms with Crippen molar-refractivity contribution < 1.29 is 0 Å². The lowest BCUT2D eigenvalue weighted by Gasteiger charge is -2.06. The second-order valence-electron chi connectivity index (χ2n) is 4.17. The Morgan fingerprint density at radius 3 is 2.60 bits per heavy atom. The zero-order chi connectivity index (χ0) is 10.7. The molecule has 2 unspecified atom stereocenters. The van der Waals surface area contributed by atoms with Crippen LogP contribution in [-0.4, -0.2) is 23.1 Å². The van der Waals surface area contributed by atoms with Gasteiger partial charge in [0.1, 0.15) is 18.0 Å². The van der Waals surface area contributed by atoms with E-state index in [0.717, 1.165) is 36.6 Å². The van der Waals surface area contributed by atoms with Crippen LogP contribution in [0.3, 0.4) is 0 Å². The zero-order valence-electron chi connectivity index (χ0n) is 9.33. The van der Waals surface area contributed by atoms with Gasteiger partial charge in [0, 0.05) is 19.2 Å². The van der Waals surface area contributed by atoms with Gasteiger partial charge in [-0.05, 0) is 25.2 Å². The van der Waals surface area contributed by atoms with Crippen molar-refractivity contribution in [3.05, 3.63) is 12.4 Å². The van der Waals surface area contributed by atoms with Crippen molar-refractivity contribution in [1.29, 1.82) is 0 Å². The van der Waals surface area contributed by atoms with Gasteiger partial charge in [0.2, 0.25) is 0 Å². The van der Waals surface area contributed by atoms with Crippen LogP contribution in [0.2, 0.25) is 0 Å². The summed E-state index contributed by atoms with van der Waals surface area (Å²) < 4.78 is 0.